The Morgan fingerprint density at radius 3 is 2.15 bits per heavy atom. The standard InChI is InChI=1S/C29H26BrCl4N3O4/c1-14-11-16(36-27(40)41-28(2,3)4)7-10-22(14)37-25(38)18-13-17(6-9-20(18)31)35-26(39)24-23(29(24,33)34)15-5-8-21(32)19(30)12-15/h5-13,23-24H,1-4H3,(H,35,39)(H,36,40)(H,37,38)/t23-,24+/m0/s1. The van der Waals surface area contributed by atoms with Gasteiger partial charge in [-0.25, -0.2) is 4.79 Å². The summed E-state index contributed by atoms with van der Waals surface area (Å²) in [7, 11) is 0. The van der Waals surface area contributed by atoms with E-state index >= 15 is 0 Å². The van der Waals surface area contributed by atoms with Crippen molar-refractivity contribution in [2.75, 3.05) is 16.0 Å². The van der Waals surface area contributed by atoms with Crippen LogP contribution in [0.5, 0.6) is 0 Å². The maximum atomic E-state index is 13.1. The van der Waals surface area contributed by atoms with Crippen molar-refractivity contribution in [2.24, 2.45) is 5.92 Å². The van der Waals surface area contributed by atoms with Gasteiger partial charge in [-0.15, -0.1) is 23.2 Å². The number of ether oxygens (including phenoxy) is 1. The third-order valence-electron chi connectivity index (χ3n) is 6.24. The van der Waals surface area contributed by atoms with Crippen LogP contribution in [-0.4, -0.2) is 27.8 Å². The van der Waals surface area contributed by atoms with Crippen LogP contribution in [0.4, 0.5) is 21.9 Å². The van der Waals surface area contributed by atoms with Crippen LogP contribution in [0.15, 0.2) is 59.1 Å². The Morgan fingerprint density at radius 1 is 0.878 bits per heavy atom. The van der Waals surface area contributed by atoms with E-state index in [-0.39, 0.29) is 10.6 Å². The van der Waals surface area contributed by atoms with Crippen molar-refractivity contribution in [1.82, 2.24) is 0 Å². The van der Waals surface area contributed by atoms with Crippen LogP contribution in [-0.2, 0) is 9.53 Å². The summed E-state index contributed by atoms with van der Waals surface area (Å²) in [6.45, 7) is 7.10. The van der Waals surface area contributed by atoms with Gasteiger partial charge < -0.3 is 15.4 Å². The highest BCUT2D eigenvalue weighted by molar-refractivity contribution is 9.10. The molecule has 0 radical (unpaired) electrons. The maximum absolute atomic E-state index is 13.1. The van der Waals surface area contributed by atoms with Gasteiger partial charge in [0, 0.05) is 27.5 Å². The van der Waals surface area contributed by atoms with E-state index in [2.05, 4.69) is 31.9 Å². The maximum Gasteiger partial charge on any atom is 0.412 e. The van der Waals surface area contributed by atoms with Gasteiger partial charge in [0.05, 0.1) is 21.5 Å². The van der Waals surface area contributed by atoms with Gasteiger partial charge in [0.25, 0.3) is 5.91 Å². The molecule has 0 saturated heterocycles. The first-order chi connectivity index (χ1) is 19.1. The number of carbonyl (C=O) groups is 3. The van der Waals surface area contributed by atoms with E-state index in [0.29, 0.717) is 32.1 Å². The van der Waals surface area contributed by atoms with Crippen molar-refractivity contribution >= 4 is 97.3 Å². The van der Waals surface area contributed by atoms with Crippen LogP contribution in [0.1, 0.15) is 48.2 Å². The second kappa shape index (κ2) is 12.0. The molecule has 3 aromatic rings. The Morgan fingerprint density at radius 2 is 1.51 bits per heavy atom. The van der Waals surface area contributed by atoms with Crippen LogP contribution in [0.3, 0.4) is 0 Å². The first-order valence-corrected chi connectivity index (χ1v) is 14.7. The van der Waals surface area contributed by atoms with Crippen LogP contribution in [0, 0.1) is 12.8 Å². The minimum atomic E-state index is -1.30. The fraction of sp³-hybridized carbons (Fsp3) is 0.276. The molecule has 4 rings (SSSR count). The van der Waals surface area contributed by atoms with Gasteiger partial charge in [-0.1, -0.05) is 29.3 Å². The lowest BCUT2D eigenvalue weighted by molar-refractivity contribution is -0.117. The molecule has 1 aliphatic carbocycles. The van der Waals surface area contributed by atoms with E-state index in [1.54, 1.807) is 70.2 Å². The third-order valence-corrected chi connectivity index (χ3v) is 8.72. The summed E-state index contributed by atoms with van der Waals surface area (Å²) in [5, 5.41) is 8.99. The molecule has 0 spiro atoms. The Hall–Kier alpha value is -2.49. The number of halogens is 5. The molecule has 3 aromatic carbocycles. The molecule has 41 heavy (non-hydrogen) atoms. The molecule has 1 fully saturated rings. The zero-order valence-electron chi connectivity index (χ0n) is 22.4. The number of carbonyl (C=O) groups excluding carboxylic acids is 3. The summed E-state index contributed by atoms with van der Waals surface area (Å²) in [4.78, 5) is 38.3. The van der Waals surface area contributed by atoms with Crippen molar-refractivity contribution in [1.29, 1.82) is 0 Å². The number of nitrogens with one attached hydrogen (secondary N) is 3. The van der Waals surface area contributed by atoms with E-state index in [1.165, 1.54) is 12.1 Å². The molecule has 0 aliphatic heterocycles. The fourth-order valence-corrected chi connectivity index (χ4v) is 5.81. The first-order valence-electron chi connectivity index (χ1n) is 12.4. The lowest BCUT2D eigenvalue weighted by atomic mass is 10.1. The first kappa shape index (κ1) is 31.4. The number of aryl methyl sites for hydroxylation is 1. The molecule has 1 saturated carbocycles. The molecular formula is C29H26BrCl4N3O4. The molecule has 0 aromatic heterocycles. The lowest BCUT2D eigenvalue weighted by Gasteiger charge is -2.20. The van der Waals surface area contributed by atoms with Crippen LogP contribution < -0.4 is 16.0 Å². The Balaban J connectivity index is 1.44. The number of anilines is 3. The molecule has 216 valence electrons. The molecule has 2 atom stereocenters. The summed E-state index contributed by atoms with van der Waals surface area (Å²) >= 11 is 28.8. The minimum Gasteiger partial charge on any atom is -0.444 e. The van der Waals surface area contributed by atoms with Crippen molar-refractivity contribution in [3.05, 3.63) is 85.8 Å². The highest BCUT2D eigenvalue weighted by Gasteiger charge is 2.67. The van der Waals surface area contributed by atoms with Crippen LogP contribution in [0.2, 0.25) is 10.0 Å². The molecule has 0 unspecified atom stereocenters. The third kappa shape index (κ3) is 7.48. The van der Waals surface area contributed by atoms with E-state index in [0.717, 1.165) is 5.56 Å². The van der Waals surface area contributed by atoms with E-state index in [9.17, 15) is 14.4 Å². The predicted molar refractivity (Wildman–Crippen MR) is 169 cm³/mol. The number of rotatable bonds is 6. The zero-order valence-corrected chi connectivity index (χ0v) is 27.0. The number of amides is 3. The second-order valence-corrected chi connectivity index (χ2v) is 13.7. The quantitative estimate of drug-likeness (QED) is 0.223. The SMILES string of the molecule is Cc1cc(NC(=O)OC(C)(C)C)ccc1NC(=O)c1cc(NC(=O)[C@H]2[C@H](c3ccc(Cl)c(Br)c3)C2(Cl)Cl)ccc1Cl. The van der Waals surface area contributed by atoms with Gasteiger partial charge in [-0.2, -0.15) is 0 Å². The zero-order chi connectivity index (χ0) is 30.3. The average Bonchev–Trinajstić information content (AvgIpc) is 3.44. The molecule has 0 heterocycles. The summed E-state index contributed by atoms with van der Waals surface area (Å²) in [5.41, 5.74) is 2.36. The summed E-state index contributed by atoms with van der Waals surface area (Å²) in [6, 6.07) is 14.8. The normalized spacial score (nSPS) is 17.4. The highest BCUT2D eigenvalue weighted by Crippen LogP contribution is 2.65. The largest absolute Gasteiger partial charge is 0.444 e. The second-order valence-electron chi connectivity index (χ2n) is 10.6. The monoisotopic (exact) mass is 699 g/mol. The number of benzene rings is 3. The summed E-state index contributed by atoms with van der Waals surface area (Å²) in [5.74, 6) is -2.04. The summed E-state index contributed by atoms with van der Waals surface area (Å²) < 4.78 is 4.64. The van der Waals surface area contributed by atoms with E-state index in [4.69, 9.17) is 51.1 Å². The molecule has 3 amide bonds. The Kier molecular flexibility index (Phi) is 9.21. The topological polar surface area (TPSA) is 96.5 Å². The molecule has 7 nitrogen and oxygen atoms in total. The minimum absolute atomic E-state index is 0.150. The van der Waals surface area contributed by atoms with Crippen molar-refractivity contribution in [2.45, 2.75) is 43.5 Å². The van der Waals surface area contributed by atoms with Gasteiger partial charge in [-0.05, 0) is 103 Å². The van der Waals surface area contributed by atoms with Gasteiger partial charge >= 0.3 is 6.09 Å². The molecule has 12 heteroatoms. The molecule has 3 N–H and O–H groups in total. The van der Waals surface area contributed by atoms with E-state index < -0.39 is 39.7 Å². The molecular weight excluding hydrogens is 676 g/mol. The average molecular weight is 702 g/mol. The van der Waals surface area contributed by atoms with Crippen LogP contribution >= 0.6 is 62.3 Å². The van der Waals surface area contributed by atoms with Crippen molar-refractivity contribution in [3.8, 4) is 0 Å². The predicted octanol–water partition coefficient (Wildman–Crippen LogP) is 9.19. The Bertz CT molecular complexity index is 1540. The lowest BCUT2D eigenvalue weighted by Crippen LogP contribution is -2.27. The molecule has 1 aliphatic rings. The van der Waals surface area contributed by atoms with E-state index in [1.807, 2.05) is 0 Å². The Labute approximate surface area is 266 Å². The fourth-order valence-electron chi connectivity index (χ4n) is 4.26. The highest BCUT2D eigenvalue weighted by atomic mass is 79.9. The molecule has 0 bridgehead atoms. The van der Waals surface area contributed by atoms with Crippen molar-refractivity contribution in [3.63, 3.8) is 0 Å². The number of hydrogen-bond acceptors (Lipinski definition) is 4. The van der Waals surface area contributed by atoms with Crippen molar-refractivity contribution < 1.29 is 19.1 Å². The summed E-state index contributed by atoms with van der Waals surface area (Å²) in [6.07, 6.45) is -0.585. The van der Waals surface area contributed by atoms with Gasteiger partial charge in [0.1, 0.15) is 9.93 Å². The smallest absolute Gasteiger partial charge is 0.412 e. The van der Waals surface area contributed by atoms with Gasteiger partial charge in [0.15, 0.2) is 0 Å². The van der Waals surface area contributed by atoms with Crippen LogP contribution in [0.25, 0.3) is 0 Å². The van der Waals surface area contributed by atoms with Gasteiger partial charge in [-0.3, -0.25) is 14.9 Å². The van der Waals surface area contributed by atoms with Gasteiger partial charge in [0.2, 0.25) is 5.91 Å². The number of hydrogen-bond donors (Lipinski definition) is 3. The number of alkyl halides is 2.